The Hall–Kier alpha value is -2.12. The number of amides is 1. The van der Waals surface area contributed by atoms with Crippen LogP contribution >= 0.6 is 11.8 Å². The van der Waals surface area contributed by atoms with Crippen LogP contribution in [-0.4, -0.2) is 60.0 Å². The number of anilines is 1. The molecular weight excluding hydrogens is 418 g/mol. The predicted molar refractivity (Wildman–Crippen MR) is 130 cm³/mol. The minimum Gasteiger partial charge on any atom is -0.355 e. The summed E-state index contributed by atoms with van der Waals surface area (Å²) in [5.74, 6) is 2.01. The first-order valence-electron chi connectivity index (χ1n) is 11.9. The van der Waals surface area contributed by atoms with Crippen LogP contribution in [-0.2, 0) is 4.79 Å². The minimum absolute atomic E-state index is 0.0939. The van der Waals surface area contributed by atoms with Crippen molar-refractivity contribution in [3.05, 3.63) is 42.2 Å². The number of piperidine rings is 2. The third-order valence-corrected chi connectivity index (χ3v) is 7.50. The number of benzene rings is 1. The van der Waals surface area contributed by atoms with E-state index in [0.29, 0.717) is 0 Å². The molecule has 172 valence electrons. The molecule has 0 bridgehead atoms. The molecule has 6 nitrogen and oxygen atoms in total. The molecule has 1 atom stereocenters. The van der Waals surface area contributed by atoms with Gasteiger partial charge in [-0.3, -0.25) is 4.79 Å². The lowest BCUT2D eigenvalue weighted by Gasteiger charge is -2.33. The van der Waals surface area contributed by atoms with E-state index in [-0.39, 0.29) is 11.8 Å². The molecule has 2 aromatic rings. The largest absolute Gasteiger partial charge is 0.355 e. The number of likely N-dealkylation sites (tertiary alicyclic amines) is 1. The maximum absolute atomic E-state index is 12.7. The second kappa shape index (κ2) is 11.1. The van der Waals surface area contributed by atoms with Gasteiger partial charge < -0.3 is 15.1 Å². The standard InChI is InChI=1S/C25H35N5OS/c1-19-5-7-22(8-6-19)32-25-23(26-11-12-28-25)30-15-9-21(10-16-30)24(31)27-13-17-29-14-3-4-20(2)18-29/h5-8,11-12,20-21H,3-4,9-10,13-18H2,1-2H3,(H,27,31)/t20-/m0/s1. The summed E-state index contributed by atoms with van der Waals surface area (Å²) < 4.78 is 0. The number of aromatic nitrogens is 2. The number of nitrogens with one attached hydrogen (secondary N) is 1. The van der Waals surface area contributed by atoms with Gasteiger partial charge in [0.25, 0.3) is 0 Å². The fourth-order valence-corrected chi connectivity index (χ4v) is 5.53. The van der Waals surface area contributed by atoms with Gasteiger partial charge in [0.15, 0.2) is 5.82 Å². The van der Waals surface area contributed by atoms with Crippen LogP contribution in [0.5, 0.6) is 0 Å². The van der Waals surface area contributed by atoms with E-state index in [1.807, 2.05) is 0 Å². The molecule has 2 saturated heterocycles. The number of hydrogen-bond acceptors (Lipinski definition) is 6. The number of aryl methyl sites for hydroxylation is 1. The molecule has 0 spiro atoms. The Kier molecular flexibility index (Phi) is 8.03. The molecule has 1 amide bonds. The summed E-state index contributed by atoms with van der Waals surface area (Å²) in [6, 6.07) is 8.49. The van der Waals surface area contributed by atoms with Gasteiger partial charge in [0.05, 0.1) is 0 Å². The Labute approximate surface area is 196 Å². The van der Waals surface area contributed by atoms with Crippen molar-refractivity contribution in [1.29, 1.82) is 0 Å². The molecule has 3 heterocycles. The fraction of sp³-hybridized carbons (Fsp3) is 0.560. The Bertz CT molecular complexity index is 882. The third kappa shape index (κ3) is 6.23. The van der Waals surface area contributed by atoms with E-state index in [9.17, 15) is 4.79 Å². The molecule has 2 aliphatic rings. The molecule has 2 aliphatic heterocycles. The van der Waals surface area contributed by atoms with Crippen LogP contribution in [0.1, 0.15) is 38.2 Å². The van der Waals surface area contributed by atoms with Gasteiger partial charge in [-0.2, -0.15) is 0 Å². The van der Waals surface area contributed by atoms with Gasteiger partial charge in [-0.15, -0.1) is 0 Å². The van der Waals surface area contributed by atoms with Crippen LogP contribution in [0.2, 0.25) is 0 Å². The van der Waals surface area contributed by atoms with Crippen molar-refractivity contribution in [3.8, 4) is 0 Å². The lowest BCUT2D eigenvalue weighted by molar-refractivity contribution is -0.125. The van der Waals surface area contributed by atoms with Gasteiger partial charge in [-0.25, -0.2) is 9.97 Å². The first-order valence-corrected chi connectivity index (χ1v) is 12.7. The molecule has 0 unspecified atom stereocenters. The molecular formula is C25H35N5OS. The Morgan fingerprint density at radius 3 is 2.59 bits per heavy atom. The number of carbonyl (C=O) groups excluding carboxylic acids is 1. The van der Waals surface area contributed by atoms with Crippen LogP contribution in [0.25, 0.3) is 0 Å². The van der Waals surface area contributed by atoms with E-state index >= 15 is 0 Å². The predicted octanol–water partition coefficient (Wildman–Crippen LogP) is 4.00. The van der Waals surface area contributed by atoms with Crippen LogP contribution < -0.4 is 10.2 Å². The molecule has 0 aliphatic carbocycles. The van der Waals surface area contributed by atoms with E-state index in [2.05, 4.69) is 63.2 Å². The third-order valence-electron chi connectivity index (χ3n) is 6.52. The molecule has 1 aromatic carbocycles. The highest BCUT2D eigenvalue weighted by molar-refractivity contribution is 7.99. The van der Waals surface area contributed by atoms with Crippen molar-refractivity contribution >= 4 is 23.5 Å². The molecule has 2 fully saturated rings. The second-order valence-corrected chi connectivity index (χ2v) is 10.3. The van der Waals surface area contributed by atoms with Crippen molar-refractivity contribution < 1.29 is 4.79 Å². The molecule has 32 heavy (non-hydrogen) atoms. The van der Waals surface area contributed by atoms with Gasteiger partial charge in [0.2, 0.25) is 5.91 Å². The SMILES string of the molecule is Cc1ccc(Sc2nccnc2N2CCC(C(=O)NCCN3CCC[C@H](C)C3)CC2)cc1. The highest BCUT2D eigenvalue weighted by atomic mass is 32.2. The summed E-state index contributed by atoms with van der Waals surface area (Å²) in [7, 11) is 0. The van der Waals surface area contributed by atoms with E-state index in [0.717, 1.165) is 67.2 Å². The smallest absolute Gasteiger partial charge is 0.223 e. The fourth-order valence-electron chi connectivity index (χ4n) is 4.65. The molecule has 1 N–H and O–H groups in total. The van der Waals surface area contributed by atoms with Crippen LogP contribution in [0.15, 0.2) is 46.6 Å². The molecule has 0 saturated carbocycles. The molecule has 0 radical (unpaired) electrons. The van der Waals surface area contributed by atoms with Gasteiger partial charge in [0.1, 0.15) is 5.03 Å². The Morgan fingerprint density at radius 2 is 1.84 bits per heavy atom. The van der Waals surface area contributed by atoms with Gasteiger partial charge in [0, 0.05) is 55.9 Å². The Balaban J connectivity index is 1.26. The molecule has 1 aromatic heterocycles. The van der Waals surface area contributed by atoms with Crippen molar-refractivity contribution in [2.45, 2.75) is 49.5 Å². The number of rotatable bonds is 7. The Morgan fingerprint density at radius 1 is 1.09 bits per heavy atom. The number of nitrogens with zero attached hydrogens (tertiary/aromatic N) is 4. The first kappa shape index (κ1) is 23.1. The summed E-state index contributed by atoms with van der Waals surface area (Å²) in [4.78, 5) is 27.8. The van der Waals surface area contributed by atoms with E-state index < -0.39 is 0 Å². The highest BCUT2D eigenvalue weighted by Crippen LogP contribution is 2.34. The zero-order chi connectivity index (χ0) is 22.3. The van der Waals surface area contributed by atoms with Crippen molar-refractivity contribution in [1.82, 2.24) is 20.2 Å². The number of carbonyl (C=O) groups is 1. The summed E-state index contributed by atoms with van der Waals surface area (Å²) in [5, 5.41) is 4.11. The second-order valence-electron chi connectivity index (χ2n) is 9.20. The summed E-state index contributed by atoms with van der Waals surface area (Å²) in [5.41, 5.74) is 1.25. The minimum atomic E-state index is 0.0939. The lowest BCUT2D eigenvalue weighted by atomic mass is 9.96. The molecule has 4 rings (SSSR count). The van der Waals surface area contributed by atoms with E-state index in [4.69, 9.17) is 0 Å². The van der Waals surface area contributed by atoms with Gasteiger partial charge >= 0.3 is 0 Å². The van der Waals surface area contributed by atoms with Gasteiger partial charge in [-0.1, -0.05) is 36.4 Å². The van der Waals surface area contributed by atoms with Crippen molar-refractivity contribution in [2.75, 3.05) is 44.2 Å². The summed E-state index contributed by atoms with van der Waals surface area (Å²) >= 11 is 1.65. The maximum atomic E-state index is 12.7. The monoisotopic (exact) mass is 453 g/mol. The zero-order valence-electron chi connectivity index (χ0n) is 19.3. The van der Waals surface area contributed by atoms with E-state index in [1.54, 1.807) is 24.2 Å². The van der Waals surface area contributed by atoms with Gasteiger partial charge in [-0.05, 0) is 57.2 Å². The maximum Gasteiger partial charge on any atom is 0.223 e. The van der Waals surface area contributed by atoms with Crippen LogP contribution in [0.3, 0.4) is 0 Å². The van der Waals surface area contributed by atoms with E-state index in [1.165, 1.54) is 24.9 Å². The zero-order valence-corrected chi connectivity index (χ0v) is 20.1. The molecule has 7 heteroatoms. The number of hydrogen-bond donors (Lipinski definition) is 1. The summed E-state index contributed by atoms with van der Waals surface area (Å²) in [6.45, 7) is 10.1. The van der Waals surface area contributed by atoms with Crippen molar-refractivity contribution in [3.63, 3.8) is 0 Å². The first-order chi connectivity index (χ1) is 15.6. The van der Waals surface area contributed by atoms with Crippen LogP contribution in [0.4, 0.5) is 5.82 Å². The quantitative estimate of drug-likeness (QED) is 0.684. The lowest BCUT2D eigenvalue weighted by Crippen LogP contribution is -2.44. The summed E-state index contributed by atoms with van der Waals surface area (Å²) in [6.07, 6.45) is 7.84. The highest BCUT2D eigenvalue weighted by Gasteiger charge is 2.27. The topological polar surface area (TPSA) is 61.4 Å². The normalized spacial score (nSPS) is 20.3. The van der Waals surface area contributed by atoms with Crippen molar-refractivity contribution in [2.24, 2.45) is 11.8 Å². The van der Waals surface area contributed by atoms with Crippen LogP contribution in [0, 0.1) is 18.8 Å². The average Bonchev–Trinajstić information content (AvgIpc) is 2.81. The average molecular weight is 454 g/mol.